The van der Waals surface area contributed by atoms with Crippen LogP contribution in [-0.2, 0) is 0 Å². The Kier molecular flexibility index (Phi) is 3.97. The van der Waals surface area contributed by atoms with E-state index in [0.717, 1.165) is 6.54 Å². The quantitative estimate of drug-likeness (QED) is 0.648. The zero-order valence-electron chi connectivity index (χ0n) is 7.82. The van der Waals surface area contributed by atoms with Crippen LogP contribution in [0.15, 0.2) is 0 Å². The van der Waals surface area contributed by atoms with Gasteiger partial charge in [0.05, 0.1) is 0 Å². The zero-order valence-corrected chi connectivity index (χ0v) is 7.82. The van der Waals surface area contributed by atoms with Gasteiger partial charge in [-0.05, 0) is 27.3 Å². The highest BCUT2D eigenvalue weighted by Crippen LogP contribution is 2.12. The van der Waals surface area contributed by atoms with Crippen LogP contribution in [0.4, 0.5) is 4.39 Å². The molecular formula is C8H19FN2. The van der Waals surface area contributed by atoms with Crippen molar-refractivity contribution in [2.45, 2.75) is 45.4 Å². The van der Waals surface area contributed by atoms with Crippen LogP contribution in [0.2, 0.25) is 0 Å². The molecule has 0 aromatic rings. The number of rotatable bonds is 4. The molecule has 0 aliphatic carbocycles. The third-order valence-corrected chi connectivity index (χ3v) is 1.68. The highest BCUT2D eigenvalue weighted by Gasteiger charge is 2.29. The Balaban J connectivity index is 3.91. The van der Waals surface area contributed by atoms with Crippen LogP contribution in [0.1, 0.15) is 27.7 Å². The van der Waals surface area contributed by atoms with Crippen LogP contribution in [-0.4, -0.2) is 24.3 Å². The molecule has 11 heavy (non-hydrogen) atoms. The van der Waals surface area contributed by atoms with Gasteiger partial charge in [-0.2, -0.15) is 0 Å². The fourth-order valence-electron chi connectivity index (χ4n) is 1.07. The molecule has 3 N–H and O–H groups in total. The average Bonchev–Trinajstić information content (AvgIpc) is 1.85. The van der Waals surface area contributed by atoms with Crippen molar-refractivity contribution in [3.05, 3.63) is 0 Å². The second kappa shape index (κ2) is 4.02. The van der Waals surface area contributed by atoms with E-state index in [2.05, 4.69) is 5.32 Å². The second-order valence-corrected chi connectivity index (χ2v) is 3.57. The minimum absolute atomic E-state index is 0.167. The molecule has 3 heteroatoms. The van der Waals surface area contributed by atoms with Crippen molar-refractivity contribution in [2.24, 2.45) is 5.73 Å². The van der Waals surface area contributed by atoms with Gasteiger partial charge in [-0.25, -0.2) is 4.39 Å². The van der Waals surface area contributed by atoms with Crippen LogP contribution in [0.3, 0.4) is 0 Å². The maximum Gasteiger partial charge on any atom is 0.132 e. The predicted octanol–water partition coefficient (Wildman–Crippen LogP) is 1.06. The van der Waals surface area contributed by atoms with Crippen LogP contribution < -0.4 is 11.1 Å². The Morgan fingerprint density at radius 1 is 1.55 bits per heavy atom. The van der Waals surface area contributed by atoms with Crippen molar-refractivity contribution in [2.75, 3.05) is 6.54 Å². The SMILES string of the molecule is CCNC(C)C(F)C(C)(C)N. The van der Waals surface area contributed by atoms with Crippen LogP contribution in [0.25, 0.3) is 0 Å². The summed E-state index contributed by atoms with van der Waals surface area (Å²) in [6.45, 7) is 7.93. The van der Waals surface area contributed by atoms with Gasteiger partial charge in [-0.1, -0.05) is 6.92 Å². The van der Waals surface area contributed by atoms with Crippen molar-refractivity contribution in [3.63, 3.8) is 0 Å². The van der Waals surface area contributed by atoms with E-state index < -0.39 is 11.7 Å². The zero-order chi connectivity index (χ0) is 9.07. The third kappa shape index (κ3) is 3.68. The third-order valence-electron chi connectivity index (χ3n) is 1.68. The Labute approximate surface area is 68.3 Å². The summed E-state index contributed by atoms with van der Waals surface area (Å²) in [5.41, 5.74) is 4.85. The molecule has 2 atom stereocenters. The number of nitrogens with one attached hydrogen (secondary N) is 1. The summed E-state index contributed by atoms with van der Waals surface area (Å²) in [6, 6.07) is -0.167. The van der Waals surface area contributed by atoms with Gasteiger partial charge in [0.15, 0.2) is 0 Å². The van der Waals surface area contributed by atoms with E-state index >= 15 is 0 Å². The van der Waals surface area contributed by atoms with Crippen LogP contribution in [0, 0.1) is 0 Å². The minimum Gasteiger partial charge on any atom is -0.323 e. The molecule has 0 amide bonds. The van der Waals surface area contributed by atoms with Crippen molar-refractivity contribution in [1.29, 1.82) is 0 Å². The lowest BCUT2D eigenvalue weighted by molar-refractivity contribution is 0.172. The second-order valence-electron chi connectivity index (χ2n) is 3.57. The normalized spacial score (nSPS) is 18.0. The van der Waals surface area contributed by atoms with Gasteiger partial charge in [0.25, 0.3) is 0 Å². The number of hydrogen-bond acceptors (Lipinski definition) is 2. The fourth-order valence-corrected chi connectivity index (χ4v) is 1.07. The van der Waals surface area contributed by atoms with Crippen LogP contribution >= 0.6 is 0 Å². The Bertz CT molecular complexity index is 109. The first-order valence-corrected chi connectivity index (χ1v) is 4.06. The van der Waals surface area contributed by atoms with E-state index in [4.69, 9.17) is 5.73 Å². The maximum absolute atomic E-state index is 13.3. The van der Waals surface area contributed by atoms with E-state index in [1.54, 1.807) is 13.8 Å². The van der Waals surface area contributed by atoms with Crippen molar-refractivity contribution in [3.8, 4) is 0 Å². The summed E-state index contributed by atoms with van der Waals surface area (Å²) in [7, 11) is 0. The van der Waals surface area contributed by atoms with Crippen LogP contribution in [0.5, 0.6) is 0 Å². The van der Waals surface area contributed by atoms with Gasteiger partial charge in [-0.15, -0.1) is 0 Å². The van der Waals surface area contributed by atoms with Crippen molar-refractivity contribution in [1.82, 2.24) is 5.32 Å². The topological polar surface area (TPSA) is 38.0 Å². The molecule has 0 radical (unpaired) electrons. The summed E-state index contributed by atoms with van der Waals surface area (Å²) >= 11 is 0. The number of hydrogen-bond donors (Lipinski definition) is 2. The summed E-state index contributed by atoms with van der Waals surface area (Å²) in [6.07, 6.45) is -0.998. The molecule has 68 valence electrons. The molecule has 0 rings (SSSR count). The van der Waals surface area contributed by atoms with Crippen molar-refractivity contribution < 1.29 is 4.39 Å². The van der Waals surface area contributed by atoms with Gasteiger partial charge in [0, 0.05) is 11.6 Å². The fraction of sp³-hybridized carbons (Fsp3) is 1.00. The van der Waals surface area contributed by atoms with E-state index in [9.17, 15) is 4.39 Å². The molecule has 0 spiro atoms. The summed E-state index contributed by atoms with van der Waals surface area (Å²) in [4.78, 5) is 0. The Hall–Kier alpha value is -0.150. The smallest absolute Gasteiger partial charge is 0.132 e. The van der Waals surface area contributed by atoms with Gasteiger partial charge < -0.3 is 11.1 Å². The first-order chi connectivity index (χ1) is 4.89. The molecule has 0 aliphatic rings. The predicted molar refractivity (Wildman–Crippen MR) is 46.3 cm³/mol. The maximum atomic E-state index is 13.3. The Morgan fingerprint density at radius 2 is 2.00 bits per heavy atom. The molecule has 2 unspecified atom stereocenters. The lowest BCUT2D eigenvalue weighted by Gasteiger charge is -2.28. The lowest BCUT2D eigenvalue weighted by Crippen LogP contribution is -2.52. The summed E-state index contributed by atoms with van der Waals surface area (Å²) in [5.74, 6) is 0. The molecule has 0 fully saturated rings. The van der Waals surface area contributed by atoms with Gasteiger partial charge in [-0.3, -0.25) is 0 Å². The highest BCUT2D eigenvalue weighted by atomic mass is 19.1. The van der Waals surface area contributed by atoms with Crippen molar-refractivity contribution >= 4 is 0 Å². The molecule has 2 nitrogen and oxygen atoms in total. The molecule has 0 aliphatic heterocycles. The van der Waals surface area contributed by atoms with E-state index in [1.165, 1.54) is 0 Å². The summed E-state index contributed by atoms with van der Waals surface area (Å²) < 4.78 is 13.3. The first kappa shape index (κ1) is 10.8. The lowest BCUT2D eigenvalue weighted by atomic mass is 9.95. The molecule has 0 saturated carbocycles. The minimum atomic E-state index is -0.998. The van der Waals surface area contributed by atoms with E-state index in [0.29, 0.717) is 0 Å². The molecule has 0 saturated heterocycles. The molecular weight excluding hydrogens is 143 g/mol. The van der Waals surface area contributed by atoms with Gasteiger partial charge in [0.2, 0.25) is 0 Å². The molecule has 0 bridgehead atoms. The summed E-state index contributed by atoms with van der Waals surface area (Å²) in [5, 5.41) is 3.00. The largest absolute Gasteiger partial charge is 0.323 e. The molecule has 0 aromatic heterocycles. The van der Waals surface area contributed by atoms with Gasteiger partial charge >= 0.3 is 0 Å². The first-order valence-electron chi connectivity index (χ1n) is 4.06. The molecule has 0 aromatic carbocycles. The highest BCUT2D eigenvalue weighted by molar-refractivity contribution is 4.88. The monoisotopic (exact) mass is 162 g/mol. The Morgan fingerprint density at radius 3 is 2.27 bits per heavy atom. The number of nitrogens with two attached hydrogens (primary N) is 1. The van der Waals surface area contributed by atoms with E-state index in [-0.39, 0.29) is 6.04 Å². The van der Waals surface area contributed by atoms with E-state index in [1.807, 2.05) is 13.8 Å². The standard InChI is InChI=1S/C8H19FN2/c1-5-11-6(2)7(9)8(3,4)10/h6-7,11H,5,10H2,1-4H3. The average molecular weight is 162 g/mol. The van der Waals surface area contributed by atoms with Gasteiger partial charge in [0.1, 0.15) is 6.17 Å². The molecule has 0 heterocycles. The number of alkyl halides is 1. The number of halogens is 1.